The van der Waals surface area contributed by atoms with Crippen molar-refractivity contribution in [3.05, 3.63) is 47.4 Å². The van der Waals surface area contributed by atoms with Crippen molar-refractivity contribution >= 4 is 23.4 Å². The van der Waals surface area contributed by atoms with E-state index in [1.807, 2.05) is 0 Å². The molecule has 0 atom stereocenters. The van der Waals surface area contributed by atoms with Crippen molar-refractivity contribution in [1.29, 1.82) is 0 Å². The fraction of sp³-hybridized carbons (Fsp3) is 0.429. The molecule has 2 heterocycles. The SMILES string of the molecule is CCOC(=O)c1ccc(NC(=O)c2cc(N3CCN(CC)CC3)nc(C)n2)cc1. The summed E-state index contributed by atoms with van der Waals surface area (Å²) >= 11 is 0. The number of nitrogens with zero attached hydrogens (tertiary/aromatic N) is 4. The van der Waals surface area contributed by atoms with E-state index in [1.54, 1.807) is 44.2 Å². The molecule has 0 radical (unpaired) electrons. The van der Waals surface area contributed by atoms with Crippen LogP contribution < -0.4 is 10.2 Å². The number of ether oxygens (including phenoxy) is 1. The molecule has 1 aliphatic rings. The number of benzene rings is 1. The normalized spacial score (nSPS) is 14.5. The summed E-state index contributed by atoms with van der Waals surface area (Å²) in [6.45, 7) is 10.8. The van der Waals surface area contributed by atoms with Gasteiger partial charge in [0.25, 0.3) is 5.91 Å². The van der Waals surface area contributed by atoms with Gasteiger partial charge in [0.2, 0.25) is 0 Å². The topological polar surface area (TPSA) is 87.7 Å². The summed E-state index contributed by atoms with van der Waals surface area (Å²) in [6, 6.07) is 8.32. The third kappa shape index (κ3) is 5.29. The average molecular weight is 397 g/mol. The van der Waals surface area contributed by atoms with Crippen molar-refractivity contribution in [3.8, 4) is 0 Å². The highest BCUT2D eigenvalue weighted by molar-refractivity contribution is 6.03. The number of anilines is 2. The molecule has 8 heteroatoms. The molecule has 0 saturated carbocycles. The van der Waals surface area contributed by atoms with Crippen LogP contribution in [-0.2, 0) is 4.74 Å². The minimum atomic E-state index is -0.385. The molecule has 154 valence electrons. The number of hydrogen-bond acceptors (Lipinski definition) is 7. The Morgan fingerprint density at radius 2 is 1.76 bits per heavy atom. The predicted octanol–water partition coefficient (Wildman–Crippen LogP) is 2.36. The molecular weight excluding hydrogens is 370 g/mol. The van der Waals surface area contributed by atoms with Crippen LogP contribution in [0.25, 0.3) is 0 Å². The van der Waals surface area contributed by atoms with Crippen molar-refractivity contribution in [1.82, 2.24) is 14.9 Å². The minimum Gasteiger partial charge on any atom is -0.462 e. The molecule has 0 unspecified atom stereocenters. The van der Waals surface area contributed by atoms with Gasteiger partial charge in [-0.2, -0.15) is 0 Å². The predicted molar refractivity (Wildman–Crippen MR) is 111 cm³/mol. The molecule has 1 fully saturated rings. The zero-order valence-electron chi connectivity index (χ0n) is 17.1. The Morgan fingerprint density at radius 3 is 2.38 bits per heavy atom. The summed E-state index contributed by atoms with van der Waals surface area (Å²) in [6.07, 6.45) is 0. The smallest absolute Gasteiger partial charge is 0.338 e. The molecule has 0 bridgehead atoms. The van der Waals surface area contributed by atoms with Gasteiger partial charge in [-0.1, -0.05) is 6.92 Å². The number of hydrogen-bond donors (Lipinski definition) is 1. The molecule has 0 aliphatic carbocycles. The van der Waals surface area contributed by atoms with E-state index in [1.165, 1.54) is 0 Å². The van der Waals surface area contributed by atoms with E-state index in [2.05, 4.69) is 32.0 Å². The summed E-state index contributed by atoms with van der Waals surface area (Å²) in [5.41, 5.74) is 1.34. The third-order valence-electron chi connectivity index (χ3n) is 4.85. The Labute approximate surface area is 170 Å². The number of piperazine rings is 1. The fourth-order valence-corrected chi connectivity index (χ4v) is 3.22. The molecule has 1 saturated heterocycles. The van der Waals surface area contributed by atoms with Crippen LogP contribution >= 0.6 is 0 Å². The van der Waals surface area contributed by atoms with Crippen molar-refractivity contribution < 1.29 is 14.3 Å². The maximum atomic E-state index is 12.7. The molecule has 1 N–H and O–H groups in total. The highest BCUT2D eigenvalue weighted by Gasteiger charge is 2.19. The second-order valence-electron chi connectivity index (χ2n) is 6.83. The Bertz CT molecular complexity index is 861. The standard InChI is InChI=1S/C21H27N5O3/c1-4-25-10-12-26(13-11-25)19-14-18(22-15(3)23-19)20(27)24-17-8-6-16(7-9-17)21(28)29-5-2/h6-9,14H,4-5,10-13H2,1-3H3,(H,24,27). The van der Waals surface area contributed by atoms with E-state index in [9.17, 15) is 9.59 Å². The van der Waals surface area contributed by atoms with E-state index in [0.717, 1.165) is 38.5 Å². The number of rotatable bonds is 6. The second-order valence-corrected chi connectivity index (χ2v) is 6.83. The summed E-state index contributed by atoms with van der Waals surface area (Å²) < 4.78 is 4.97. The number of nitrogens with one attached hydrogen (secondary N) is 1. The zero-order chi connectivity index (χ0) is 20.8. The quantitative estimate of drug-likeness (QED) is 0.749. The molecule has 29 heavy (non-hydrogen) atoms. The first-order valence-electron chi connectivity index (χ1n) is 9.91. The van der Waals surface area contributed by atoms with Crippen LogP contribution in [0, 0.1) is 6.92 Å². The van der Waals surface area contributed by atoms with Crippen molar-refractivity contribution in [2.75, 3.05) is 49.5 Å². The number of amides is 1. The fourth-order valence-electron chi connectivity index (χ4n) is 3.22. The van der Waals surface area contributed by atoms with E-state index in [0.29, 0.717) is 29.4 Å². The van der Waals surface area contributed by atoms with Crippen LogP contribution in [0.15, 0.2) is 30.3 Å². The van der Waals surface area contributed by atoms with Crippen molar-refractivity contribution in [2.45, 2.75) is 20.8 Å². The van der Waals surface area contributed by atoms with E-state index < -0.39 is 0 Å². The molecule has 8 nitrogen and oxygen atoms in total. The van der Waals surface area contributed by atoms with Crippen molar-refractivity contribution in [3.63, 3.8) is 0 Å². The third-order valence-corrected chi connectivity index (χ3v) is 4.85. The first-order chi connectivity index (χ1) is 14.0. The van der Waals surface area contributed by atoms with Gasteiger partial charge >= 0.3 is 5.97 Å². The molecule has 1 aliphatic heterocycles. The van der Waals surface area contributed by atoms with Crippen molar-refractivity contribution in [2.24, 2.45) is 0 Å². The van der Waals surface area contributed by atoms with Gasteiger partial charge in [0, 0.05) is 37.9 Å². The lowest BCUT2D eigenvalue weighted by atomic mass is 10.2. The van der Waals surface area contributed by atoms with Crippen LogP contribution in [0.5, 0.6) is 0 Å². The van der Waals surface area contributed by atoms with Gasteiger partial charge in [0.15, 0.2) is 0 Å². The Hall–Kier alpha value is -3.00. The number of likely N-dealkylation sites (N-methyl/N-ethyl adjacent to an activating group) is 1. The highest BCUT2D eigenvalue weighted by Crippen LogP contribution is 2.17. The summed E-state index contributed by atoms with van der Waals surface area (Å²) in [4.78, 5) is 37.8. The minimum absolute atomic E-state index is 0.312. The van der Waals surface area contributed by atoms with Crippen LogP contribution in [0.3, 0.4) is 0 Å². The maximum Gasteiger partial charge on any atom is 0.338 e. The van der Waals surface area contributed by atoms with Gasteiger partial charge < -0.3 is 19.9 Å². The number of aryl methyl sites for hydroxylation is 1. The van der Waals surface area contributed by atoms with Crippen LogP contribution in [0.4, 0.5) is 11.5 Å². The first kappa shape index (κ1) is 20.7. The van der Waals surface area contributed by atoms with E-state index in [-0.39, 0.29) is 11.9 Å². The summed E-state index contributed by atoms with van der Waals surface area (Å²) in [7, 11) is 0. The summed E-state index contributed by atoms with van der Waals surface area (Å²) in [5.74, 6) is 0.636. The number of carbonyl (C=O) groups is 2. The van der Waals surface area contributed by atoms with Gasteiger partial charge in [0.1, 0.15) is 17.3 Å². The lowest BCUT2D eigenvalue weighted by Crippen LogP contribution is -2.46. The first-order valence-corrected chi connectivity index (χ1v) is 9.91. The van der Waals surface area contributed by atoms with Gasteiger partial charge in [0.05, 0.1) is 12.2 Å². The van der Waals surface area contributed by atoms with E-state index in [4.69, 9.17) is 4.74 Å². The number of carbonyl (C=O) groups excluding carboxylic acids is 2. The molecule has 1 amide bonds. The van der Waals surface area contributed by atoms with Gasteiger partial charge in [-0.15, -0.1) is 0 Å². The number of aromatic nitrogens is 2. The van der Waals surface area contributed by atoms with Gasteiger partial charge in [-0.3, -0.25) is 4.79 Å². The van der Waals surface area contributed by atoms with Gasteiger partial charge in [-0.25, -0.2) is 14.8 Å². The van der Waals surface area contributed by atoms with E-state index >= 15 is 0 Å². The number of esters is 1. The maximum absolute atomic E-state index is 12.7. The average Bonchev–Trinajstić information content (AvgIpc) is 2.74. The largest absolute Gasteiger partial charge is 0.462 e. The highest BCUT2D eigenvalue weighted by atomic mass is 16.5. The summed E-state index contributed by atoms with van der Waals surface area (Å²) in [5, 5.41) is 2.82. The zero-order valence-corrected chi connectivity index (χ0v) is 17.1. The molecule has 1 aromatic heterocycles. The molecular formula is C21H27N5O3. The molecule has 3 rings (SSSR count). The molecule has 0 spiro atoms. The van der Waals surface area contributed by atoms with Gasteiger partial charge in [-0.05, 0) is 44.7 Å². The molecule has 2 aromatic rings. The molecule has 1 aromatic carbocycles. The Morgan fingerprint density at radius 1 is 1.07 bits per heavy atom. The Kier molecular flexibility index (Phi) is 6.77. The monoisotopic (exact) mass is 397 g/mol. The lowest BCUT2D eigenvalue weighted by Gasteiger charge is -2.34. The lowest BCUT2D eigenvalue weighted by molar-refractivity contribution is 0.0526. The van der Waals surface area contributed by atoms with Crippen LogP contribution in [0.2, 0.25) is 0 Å². The Balaban J connectivity index is 1.69. The van der Waals surface area contributed by atoms with Crippen LogP contribution in [-0.4, -0.2) is 66.1 Å². The van der Waals surface area contributed by atoms with Crippen LogP contribution in [0.1, 0.15) is 40.5 Å². The second kappa shape index (κ2) is 9.47.